The topological polar surface area (TPSA) is 49.3 Å². The van der Waals surface area contributed by atoms with Gasteiger partial charge in [-0.15, -0.1) is 0 Å². The number of carbonyl (C=O) groups excluding carboxylic acids is 1. The molecule has 1 amide bonds. The first-order chi connectivity index (χ1) is 11.0. The Bertz CT molecular complexity index is 653. The summed E-state index contributed by atoms with van der Waals surface area (Å²) >= 11 is 0. The molecule has 1 aromatic carbocycles. The number of hydrogen-bond donors (Lipinski definition) is 0. The van der Waals surface area contributed by atoms with Crippen LogP contribution in [0.1, 0.15) is 35.7 Å². The number of amides is 1. The van der Waals surface area contributed by atoms with Gasteiger partial charge in [-0.1, -0.05) is 30.3 Å². The fraction of sp³-hybridized carbons (Fsp3) is 0.389. The van der Waals surface area contributed by atoms with Gasteiger partial charge in [0.15, 0.2) is 0 Å². The van der Waals surface area contributed by atoms with Gasteiger partial charge in [0.25, 0.3) is 5.91 Å². The molecule has 0 atom stereocenters. The molecule has 0 spiro atoms. The van der Waals surface area contributed by atoms with Crippen molar-refractivity contribution >= 4 is 11.7 Å². The molecule has 0 fully saturated rings. The molecule has 0 saturated carbocycles. The van der Waals surface area contributed by atoms with Gasteiger partial charge in [0, 0.05) is 32.7 Å². The second-order valence-electron chi connectivity index (χ2n) is 5.48. The minimum absolute atomic E-state index is 0.0464. The number of carbonyl (C=O) groups is 1. The van der Waals surface area contributed by atoms with Crippen LogP contribution < -0.4 is 4.90 Å². The van der Waals surface area contributed by atoms with E-state index in [9.17, 15) is 4.79 Å². The minimum atomic E-state index is -0.0464. The van der Waals surface area contributed by atoms with Crippen molar-refractivity contribution in [2.24, 2.45) is 0 Å². The van der Waals surface area contributed by atoms with E-state index in [1.54, 1.807) is 11.0 Å². The van der Waals surface area contributed by atoms with Crippen LogP contribution in [-0.2, 0) is 6.54 Å². The van der Waals surface area contributed by atoms with E-state index in [2.05, 4.69) is 22.1 Å². The van der Waals surface area contributed by atoms with Crippen LogP contribution in [0.2, 0.25) is 0 Å². The van der Waals surface area contributed by atoms with Gasteiger partial charge in [0.1, 0.15) is 17.3 Å². The van der Waals surface area contributed by atoms with Crippen LogP contribution in [0.25, 0.3) is 0 Å². The highest BCUT2D eigenvalue weighted by molar-refractivity contribution is 5.93. The van der Waals surface area contributed by atoms with Gasteiger partial charge in [-0.05, 0) is 26.3 Å². The number of anilines is 1. The van der Waals surface area contributed by atoms with E-state index in [-0.39, 0.29) is 5.91 Å². The molecule has 1 aromatic heterocycles. The number of aryl methyl sites for hydroxylation is 1. The van der Waals surface area contributed by atoms with Crippen molar-refractivity contribution in [3.05, 3.63) is 53.5 Å². The summed E-state index contributed by atoms with van der Waals surface area (Å²) in [6, 6.07) is 12.0. The van der Waals surface area contributed by atoms with Crippen molar-refractivity contribution in [1.29, 1.82) is 0 Å². The molecular weight excluding hydrogens is 288 g/mol. The third kappa shape index (κ3) is 4.28. The van der Waals surface area contributed by atoms with Crippen molar-refractivity contribution in [2.45, 2.75) is 27.3 Å². The molecule has 5 nitrogen and oxygen atoms in total. The average molecular weight is 312 g/mol. The minimum Gasteiger partial charge on any atom is -0.355 e. The largest absolute Gasteiger partial charge is 0.355 e. The van der Waals surface area contributed by atoms with E-state index in [1.165, 1.54) is 5.56 Å². The van der Waals surface area contributed by atoms with Crippen molar-refractivity contribution in [2.75, 3.05) is 25.0 Å². The van der Waals surface area contributed by atoms with E-state index in [0.717, 1.165) is 12.4 Å². The van der Waals surface area contributed by atoms with Crippen molar-refractivity contribution < 1.29 is 4.79 Å². The van der Waals surface area contributed by atoms with Gasteiger partial charge in [-0.3, -0.25) is 4.79 Å². The summed E-state index contributed by atoms with van der Waals surface area (Å²) in [5, 5.41) is 0. The molecule has 0 aliphatic rings. The van der Waals surface area contributed by atoms with E-state index < -0.39 is 0 Å². The Kier molecular flexibility index (Phi) is 5.68. The summed E-state index contributed by atoms with van der Waals surface area (Å²) < 4.78 is 0. The maximum atomic E-state index is 12.5. The Morgan fingerprint density at radius 3 is 2.35 bits per heavy atom. The number of hydrogen-bond acceptors (Lipinski definition) is 4. The van der Waals surface area contributed by atoms with E-state index >= 15 is 0 Å². The monoisotopic (exact) mass is 312 g/mol. The zero-order chi connectivity index (χ0) is 16.8. The van der Waals surface area contributed by atoms with Gasteiger partial charge >= 0.3 is 0 Å². The number of rotatable bonds is 6. The van der Waals surface area contributed by atoms with Gasteiger partial charge in [-0.2, -0.15) is 0 Å². The Labute approximate surface area is 138 Å². The highest BCUT2D eigenvalue weighted by atomic mass is 16.2. The molecule has 23 heavy (non-hydrogen) atoms. The molecule has 0 unspecified atom stereocenters. The summed E-state index contributed by atoms with van der Waals surface area (Å²) in [6.07, 6.45) is 0. The molecule has 122 valence electrons. The number of nitrogens with zero attached hydrogens (tertiary/aromatic N) is 4. The zero-order valence-corrected chi connectivity index (χ0v) is 14.3. The van der Waals surface area contributed by atoms with Crippen LogP contribution in [0, 0.1) is 6.92 Å². The molecule has 1 heterocycles. The summed E-state index contributed by atoms with van der Waals surface area (Å²) in [7, 11) is 1.97. The number of aromatic nitrogens is 2. The molecule has 5 heteroatoms. The Morgan fingerprint density at radius 1 is 1.09 bits per heavy atom. The first-order valence-electron chi connectivity index (χ1n) is 7.95. The smallest absolute Gasteiger partial charge is 0.272 e. The van der Waals surface area contributed by atoms with Crippen molar-refractivity contribution in [3.8, 4) is 0 Å². The molecule has 2 aromatic rings. The van der Waals surface area contributed by atoms with Gasteiger partial charge in [-0.25, -0.2) is 9.97 Å². The first-order valence-corrected chi connectivity index (χ1v) is 7.95. The number of benzene rings is 1. The molecule has 0 radical (unpaired) electrons. The van der Waals surface area contributed by atoms with E-state index in [1.807, 2.05) is 50.9 Å². The predicted octanol–water partition coefficient (Wildman–Crippen LogP) is 2.90. The molecule has 0 saturated heterocycles. The summed E-state index contributed by atoms with van der Waals surface area (Å²) in [5.74, 6) is 1.32. The van der Waals surface area contributed by atoms with Gasteiger partial charge in [0.05, 0.1) is 0 Å². The molecule has 0 aliphatic carbocycles. The first kappa shape index (κ1) is 16.9. The normalized spacial score (nSPS) is 10.4. The van der Waals surface area contributed by atoms with Crippen LogP contribution >= 0.6 is 0 Å². The second kappa shape index (κ2) is 7.72. The lowest BCUT2D eigenvalue weighted by molar-refractivity contribution is 0.0766. The third-order valence-corrected chi connectivity index (χ3v) is 3.75. The summed E-state index contributed by atoms with van der Waals surface area (Å²) in [6.45, 7) is 7.84. The summed E-state index contributed by atoms with van der Waals surface area (Å²) in [5.41, 5.74) is 1.65. The average Bonchev–Trinajstić information content (AvgIpc) is 2.56. The van der Waals surface area contributed by atoms with Crippen LogP contribution in [0.3, 0.4) is 0 Å². The maximum absolute atomic E-state index is 12.5. The molecule has 0 N–H and O–H groups in total. The van der Waals surface area contributed by atoms with Gasteiger partial charge < -0.3 is 9.80 Å². The quantitative estimate of drug-likeness (QED) is 0.823. The third-order valence-electron chi connectivity index (χ3n) is 3.75. The standard InChI is InChI=1S/C18H24N4O/c1-5-22(6-2)18(23)16-12-17(20-14(3)19-16)21(4)13-15-10-8-7-9-11-15/h7-12H,5-6,13H2,1-4H3. The van der Waals surface area contributed by atoms with Crippen LogP contribution in [0.4, 0.5) is 5.82 Å². The fourth-order valence-corrected chi connectivity index (χ4v) is 2.47. The van der Waals surface area contributed by atoms with E-state index in [0.29, 0.717) is 24.6 Å². The van der Waals surface area contributed by atoms with E-state index in [4.69, 9.17) is 0 Å². The van der Waals surface area contributed by atoms with Gasteiger partial charge in [0.2, 0.25) is 0 Å². The summed E-state index contributed by atoms with van der Waals surface area (Å²) in [4.78, 5) is 25.1. The van der Waals surface area contributed by atoms with Crippen molar-refractivity contribution in [3.63, 3.8) is 0 Å². The van der Waals surface area contributed by atoms with Crippen LogP contribution in [0.5, 0.6) is 0 Å². The second-order valence-corrected chi connectivity index (χ2v) is 5.48. The van der Waals surface area contributed by atoms with Crippen molar-refractivity contribution in [1.82, 2.24) is 14.9 Å². The van der Waals surface area contributed by atoms with Crippen LogP contribution in [0.15, 0.2) is 36.4 Å². The zero-order valence-electron chi connectivity index (χ0n) is 14.3. The molecule has 0 aliphatic heterocycles. The lowest BCUT2D eigenvalue weighted by atomic mass is 10.2. The lowest BCUT2D eigenvalue weighted by Gasteiger charge is -2.21. The maximum Gasteiger partial charge on any atom is 0.272 e. The Balaban J connectivity index is 2.24. The predicted molar refractivity (Wildman–Crippen MR) is 92.6 cm³/mol. The Morgan fingerprint density at radius 2 is 1.74 bits per heavy atom. The highest BCUT2D eigenvalue weighted by Gasteiger charge is 2.17. The fourth-order valence-electron chi connectivity index (χ4n) is 2.47. The molecule has 0 bridgehead atoms. The SMILES string of the molecule is CCN(CC)C(=O)c1cc(N(C)Cc2ccccc2)nc(C)n1. The lowest BCUT2D eigenvalue weighted by Crippen LogP contribution is -2.31. The molecule has 2 rings (SSSR count). The highest BCUT2D eigenvalue weighted by Crippen LogP contribution is 2.15. The molecular formula is C18H24N4O. The van der Waals surface area contributed by atoms with Crippen LogP contribution in [-0.4, -0.2) is 40.9 Å². The Hall–Kier alpha value is -2.43.